The van der Waals surface area contributed by atoms with E-state index in [9.17, 15) is 19.2 Å². The summed E-state index contributed by atoms with van der Waals surface area (Å²) in [7, 11) is 1.91. The molecule has 0 radical (unpaired) electrons. The summed E-state index contributed by atoms with van der Waals surface area (Å²) in [6, 6.07) is 0. The third-order valence-electron chi connectivity index (χ3n) is 4.61. The Hall–Kier alpha value is -2.51. The summed E-state index contributed by atoms with van der Waals surface area (Å²) in [5, 5.41) is 0. The number of nitrogens with zero attached hydrogens (tertiary/aromatic N) is 2. The highest BCUT2D eigenvalue weighted by Crippen LogP contribution is 2.30. The van der Waals surface area contributed by atoms with Crippen LogP contribution in [0.2, 0.25) is 0 Å². The summed E-state index contributed by atoms with van der Waals surface area (Å²) >= 11 is 0. The van der Waals surface area contributed by atoms with Gasteiger partial charge in [0, 0.05) is 34.1 Å². The Morgan fingerprint density at radius 1 is 0.912 bits per heavy atom. The zero-order chi connectivity index (χ0) is 24.5. The molecule has 192 valence electrons. The molecule has 0 saturated carbocycles. The molecule has 0 aromatic carbocycles. The number of rotatable bonds is 10. The van der Waals surface area contributed by atoms with Crippen molar-refractivity contribution >= 4 is 23.9 Å². The van der Waals surface area contributed by atoms with Gasteiger partial charge < -0.3 is 45.4 Å². The van der Waals surface area contributed by atoms with Crippen LogP contribution < -0.4 is 21.5 Å². The van der Waals surface area contributed by atoms with Gasteiger partial charge in [-0.1, -0.05) is 0 Å². The van der Waals surface area contributed by atoms with Crippen LogP contribution in [0.5, 0.6) is 0 Å². The molecule has 5 atom stereocenters. The highest BCUT2D eigenvalue weighted by atomic mass is 79.9. The number of hydrogen-bond acceptors (Lipinski definition) is 10. The molecule has 1 saturated heterocycles. The minimum Gasteiger partial charge on any atom is -1.00 e. The number of aromatic nitrogens is 2. The molecule has 0 aliphatic carbocycles. The predicted molar refractivity (Wildman–Crippen MR) is 108 cm³/mol. The topological polar surface area (TPSA) is 132 Å². The fourth-order valence-corrected chi connectivity index (χ4v) is 3.40. The Labute approximate surface area is 208 Å². The van der Waals surface area contributed by atoms with E-state index in [-0.39, 0.29) is 30.2 Å². The lowest BCUT2D eigenvalue weighted by atomic mass is 9.98. The van der Waals surface area contributed by atoms with Crippen LogP contribution in [0.15, 0.2) is 18.7 Å². The quantitative estimate of drug-likeness (QED) is 0.127. The van der Waals surface area contributed by atoms with Gasteiger partial charge in [-0.15, -0.1) is 0 Å². The van der Waals surface area contributed by atoms with Crippen LogP contribution in [-0.4, -0.2) is 72.4 Å². The first-order chi connectivity index (χ1) is 15.6. The largest absolute Gasteiger partial charge is 1.00 e. The van der Waals surface area contributed by atoms with Gasteiger partial charge in [-0.25, -0.2) is 9.13 Å². The lowest BCUT2D eigenvalue weighted by molar-refractivity contribution is -0.671. The maximum atomic E-state index is 11.8. The van der Waals surface area contributed by atoms with Crippen molar-refractivity contribution in [3.63, 3.8) is 0 Å². The Balaban J connectivity index is 0.00000578. The minimum atomic E-state index is -1.24. The molecule has 2 heterocycles. The molecule has 13 heteroatoms. The molecule has 1 fully saturated rings. The summed E-state index contributed by atoms with van der Waals surface area (Å²) in [6.45, 7) is 5.31. The van der Waals surface area contributed by atoms with Crippen LogP contribution in [0.25, 0.3) is 0 Å². The maximum Gasteiger partial charge on any atom is 0.303 e. The van der Waals surface area contributed by atoms with Crippen molar-refractivity contribution in [1.82, 2.24) is 4.57 Å². The highest BCUT2D eigenvalue weighted by Gasteiger charge is 2.52. The van der Waals surface area contributed by atoms with Gasteiger partial charge in [0.05, 0.1) is 20.2 Å². The van der Waals surface area contributed by atoms with Crippen molar-refractivity contribution in [3.8, 4) is 0 Å². The second-order valence-electron chi connectivity index (χ2n) is 7.61. The van der Waals surface area contributed by atoms with Crippen molar-refractivity contribution in [2.24, 2.45) is 7.05 Å². The molecular weight excluding hydrogens is 520 g/mol. The van der Waals surface area contributed by atoms with Crippen molar-refractivity contribution < 1.29 is 69.1 Å². The number of carbonyl (C=O) groups excluding carboxylic acids is 4. The normalized spacial score (nSPS) is 23.9. The lowest BCUT2D eigenvalue weighted by Crippen LogP contribution is -3.00. The Bertz CT molecular complexity index is 845. The average molecular weight is 551 g/mol. The van der Waals surface area contributed by atoms with Gasteiger partial charge in [0.15, 0.2) is 24.6 Å². The van der Waals surface area contributed by atoms with E-state index in [2.05, 4.69) is 0 Å². The number of esters is 4. The van der Waals surface area contributed by atoms with Crippen molar-refractivity contribution in [2.75, 3.05) is 13.2 Å². The van der Waals surface area contributed by atoms with Crippen molar-refractivity contribution in [2.45, 2.75) is 71.4 Å². The maximum absolute atomic E-state index is 11.8. The first-order valence-electron chi connectivity index (χ1n) is 10.5. The molecule has 1 aromatic heterocycles. The van der Waals surface area contributed by atoms with Gasteiger partial charge >= 0.3 is 23.9 Å². The molecule has 0 amide bonds. The first-order valence-corrected chi connectivity index (χ1v) is 10.5. The molecule has 0 unspecified atom stereocenters. The van der Waals surface area contributed by atoms with Crippen LogP contribution >= 0.6 is 0 Å². The van der Waals surface area contributed by atoms with Gasteiger partial charge in [0.2, 0.25) is 6.33 Å². The van der Waals surface area contributed by atoms with Crippen LogP contribution in [-0.2, 0) is 61.2 Å². The SMILES string of the molecule is CC(=O)OC[C@H]1O[C@@H](OCCCn2cc[n+](C)c2)[C@H](OC(C)=O)[C@@H](OC(C)=O)[C@@H]1OC(C)=O.[Br-]. The summed E-state index contributed by atoms with van der Waals surface area (Å²) in [5.74, 6) is -2.63. The van der Waals surface area contributed by atoms with Gasteiger partial charge in [-0.3, -0.25) is 19.2 Å². The molecule has 1 aromatic rings. The van der Waals surface area contributed by atoms with E-state index in [1.54, 1.807) is 0 Å². The van der Waals surface area contributed by atoms with Crippen LogP contribution in [0, 0.1) is 0 Å². The molecule has 1 aliphatic heterocycles. The lowest BCUT2D eigenvalue weighted by Gasteiger charge is -2.44. The number of hydrogen-bond donors (Lipinski definition) is 0. The fraction of sp³-hybridized carbons (Fsp3) is 0.667. The summed E-state index contributed by atoms with van der Waals surface area (Å²) in [5.41, 5.74) is 0. The minimum absolute atomic E-state index is 0. The number of halogens is 1. The first kappa shape index (κ1) is 29.5. The van der Waals surface area contributed by atoms with Crippen molar-refractivity contribution in [1.29, 1.82) is 0 Å². The molecule has 0 spiro atoms. The highest BCUT2D eigenvalue weighted by molar-refractivity contribution is 5.68. The molecule has 2 rings (SSSR count). The van der Waals surface area contributed by atoms with Gasteiger partial charge in [0.1, 0.15) is 25.1 Å². The standard InChI is InChI=1S/C21H31N2O10.BrH/c1-13(24)29-11-17-18(30-14(2)25)19(31-15(3)26)20(32-16(4)27)21(33-17)28-10-6-7-23-9-8-22(5)12-23;/h8-9,12,17-21H,6-7,10-11H2,1-5H3;1H/q+1;/p-1/t17-,18-,19+,20-,21-;/m1./s1. The third kappa shape index (κ3) is 9.39. The zero-order valence-electron chi connectivity index (χ0n) is 19.8. The summed E-state index contributed by atoms with van der Waals surface area (Å²) < 4.78 is 36.6. The smallest absolute Gasteiger partial charge is 0.303 e. The summed E-state index contributed by atoms with van der Waals surface area (Å²) in [4.78, 5) is 46.6. The Morgan fingerprint density at radius 3 is 2.03 bits per heavy atom. The van der Waals surface area contributed by atoms with E-state index in [4.69, 9.17) is 28.4 Å². The van der Waals surface area contributed by atoms with Crippen LogP contribution in [0.3, 0.4) is 0 Å². The number of ether oxygens (including phenoxy) is 6. The van der Waals surface area contributed by atoms with Crippen molar-refractivity contribution in [3.05, 3.63) is 18.7 Å². The molecule has 34 heavy (non-hydrogen) atoms. The average Bonchev–Trinajstić information content (AvgIpc) is 3.11. The molecular formula is C21H31BrN2O10. The molecule has 12 nitrogen and oxygen atoms in total. The van der Waals surface area contributed by atoms with E-state index in [1.807, 2.05) is 34.9 Å². The Morgan fingerprint density at radius 2 is 1.50 bits per heavy atom. The molecule has 1 aliphatic rings. The Kier molecular flexibility index (Phi) is 12.2. The second kappa shape index (κ2) is 14.0. The number of imidazole rings is 1. The number of aryl methyl sites for hydroxylation is 2. The van der Waals surface area contributed by atoms with E-state index in [1.165, 1.54) is 27.7 Å². The second-order valence-corrected chi connectivity index (χ2v) is 7.61. The monoisotopic (exact) mass is 550 g/mol. The fourth-order valence-electron chi connectivity index (χ4n) is 3.40. The van der Waals surface area contributed by atoms with E-state index >= 15 is 0 Å². The molecule has 0 bridgehead atoms. The third-order valence-corrected chi connectivity index (χ3v) is 4.61. The zero-order valence-corrected chi connectivity index (χ0v) is 21.4. The van der Waals surface area contributed by atoms with Gasteiger partial charge in [0.25, 0.3) is 0 Å². The van der Waals surface area contributed by atoms with Crippen LogP contribution in [0.1, 0.15) is 34.1 Å². The molecule has 0 N–H and O–H groups in total. The van der Waals surface area contributed by atoms with E-state index in [0.29, 0.717) is 13.0 Å². The van der Waals surface area contributed by atoms with E-state index in [0.717, 1.165) is 0 Å². The predicted octanol–water partition coefficient (Wildman–Crippen LogP) is -3.19. The van der Waals surface area contributed by atoms with Gasteiger partial charge in [-0.05, 0) is 0 Å². The number of carbonyl (C=O) groups is 4. The summed E-state index contributed by atoms with van der Waals surface area (Å²) in [6.07, 6.45) is 0.486. The van der Waals surface area contributed by atoms with Gasteiger partial charge in [-0.2, -0.15) is 0 Å². The van der Waals surface area contributed by atoms with Crippen LogP contribution in [0.4, 0.5) is 0 Å². The van der Waals surface area contributed by atoms with E-state index < -0.39 is 54.6 Å².